The molecule has 1 fully saturated rings. The second-order valence-corrected chi connectivity index (χ2v) is 7.15. The fraction of sp³-hybridized carbons (Fsp3) is 0.381. The molecule has 0 atom stereocenters. The van der Waals surface area contributed by atoms with Crippen molar-refractivity contribution >= 4 is 16.9 Å². The Morgan fingerprint density at radius 2 is 1.96 bits per heavy atom. The van der Waals surface area contributed by atoms with E-state index in [1.165, 1.54) is 12.8 Å². The quantitative estimate of drug-likeness (QED) is 0.753. The van der Waals surface area contributed by atoms with Crippen LogP contribution in [0.5, 0.6) is 5.88 Å². The average Bonchev–Trinajstić information content (AvgIpc) is 3.29. The summed E-state index contributed by atoms with van der Waals surface area (Å²) < 4.78 is 7.53. The first kappa shape index (κ1) is 17.5. The number of para-hydroxylation sites is 1. The Balaban J connectivity index is 1.58. The fourth-order valence-electron chi connectivity index (χ4n) is 3.78. The van der Waals surface area contributed by atoms with Crippen LogP contribution >= 0.6 is 0 Å². The van der Waals surface area contributed by atoms with Crippen LogP contribution in [0.2, 0.25) is 0 Å². The van der Waals surface area contributed by atoms with Crippen LogP contribution in [0.15, 0.2) is 36.4 Å². The Labute approximate surface area is 158 Å². The molecule has 27 heavy (non-hydrogen) atoms. The molecule has 1 N–H and O–H groups in total. The number of rotatable bonds is 5. The highest BCUT2D eigenvalue weighted by molar-refractivity contribution is 5.84. The van der Waals surface area contributed by atoms with Crippen molar-refractivity contribution < 1.29 is 9.53 Å². The number of aromatic nitrogens is 3. The van der Waals surface area contributed by atoms with Gasteiger partial charge in [-0.15, -0.1) is 0 Å². The van der Waals surface area contributed by atoms with Crippen LogP contribution in [0.25, 0.3) is 16.7 Å². The molecule has 6 heteroatoms. The Morgan fingerprint density at radius 3 is 2.70 bits per heavy atom. The molecule has 2 aromatic heterocycles. The van der Waals surface area contributed by atoms with Gasteiger partial charge in [0.15, 0.2) is 12.3 Å². The maximum atomic E-state index is 12.1. The minimum Gasteiger partial charge on any atom is -0.468 e. The Hall–Kier alpha value is -2.89. The van der Waals surface area contributed by atoms with Gasteiger partial charge in [0.25, 0.3) is 5.91 Å². The van der Waals surface area contributed by atoms with Crippen LogP contribution < -0.4 is 10.1 Å². The molecule has 0 unspecified atom stereocenters. The summed E-state index contributed by atoms with van der Waals surface area (Å²) in [5.41, 5.74) is 3.64. The lowest BCUT2D eigenvalue weighted by Crippen LogP contribution is -2.36. The molecule has 1 aliphatic rings. The number of pyridine rings is 1. The van der Waals surface area contributed by atoms with E-state index in [0.29, 0.717) is 11.9 Å². The van der Waals surface area contributed by atoms with Gasteiger partial charge in [-0.05, 0) is 44.4 Å². The molecule has 1 saturated carbocycles. The zero-order valence-corrected chi connectivity index (χ0v) is 15.7. The summed E-state index contributed by atoms with van der Waals surface area (Å²) in [5.74, 6) is 0.354. The van der Waals surface area contributed by atoms with Crippen molar-refractivity contribution in [1.82, 2.24) is 20.1 Å². The van der Waals surface area contributed by atoms with Gasteiger partial charge in [-0.3, -0.25) is 4.79 Å². The molecule has 1 amide bonds. The van der Waals surface area contributed by atoms with Crippen molar-refractivity contribution in [3.63, 3.8) is 0 Å². The number of fused-ring (bicyclic) bond motifs is 1. The lowest BCUT2D eigenvalue weighted by molar-refractivity contribution is -0.123. The first-order valence-corrected chi connectivity index (χ1v) is 9.46. The van der Waals surface area contributed by atoms with E-state index < -0.39 is 0 Å². The smallest absolute Gasteiger partial charge is 0.258 e. The number of benzene rings is 1. The Kier molecular flexibility index (Phi) is 4.79. The van der Waals surface area contributed by atoms with Crippen LogP contribution in [-0.4, -0.2) is 33.3 Å². The maximum absolute atomic E-state index is 12.1. The van der Waals surface area contributed by atoms with Gasteiger partial charge in [0.2, 0.25) is 5.88 Å². The number of aryl methyl sites for hydroxylation is 2. The van der Waals surface area contributed by atoms with E-state index in [1.807, 2.05) is 54.9 Å². The van der Waals surface area contributed by atoms with Gasteiger partial charge in [0.05, 0.1) is 11.4 Å². The lowest BCUT2D eigenvalue weighted by atomic mass is 10.2. The molecule has 3 aromatic rings. The van der Waals surface area contributed by atoms with Crippen molar-refractivity contribution in [3.05, 3.63) is 47.7 Å². The van der Waals surface area contributed by atoms with Gasteiger partial charge >= 0.3 is 0 Å². The molecule has 0 radical (unpaired) electrons. The second kappa shape index (κ2) is 7.39. The molecule has 4 rings (SSSR count). The van der Waals surface area contributed by atoms with E-state index in [1.54, 1.807) is 0 Å². The van der Waals surface area contributed by atoms with Gasteiger partial charge < -0.3 is 10.1 Å². The third kappa shape index (κ3) is 3.65. The summed E-state index contributed by atoms with van der Waals surface area (Å²) in [6, 6.07) is 12.1. The topological polar surface area (TPSA) is 69.0 Å². The normalized spacial score (nSPS) is 14.6. The molecule has 0 spiro atoms. The van der Waals surface area contributed by atoms with E-state index in [2.05, 4.69) is 15.4 Å². The van der Waals surface area contributed by atoms with Crippen LogP contribution in [0, 0.1) is 13.8 Å². The van der Waals surface area contributed by atoms with E-state index in [0.717, 1.165) is 40.8 Å². The van der Waals surface area contributed by atoms with Crippen molar-refractivity contribution in [3.8, 4) is 11.6 Å². The standard InChI is InChI=1S/C21H24N4O2/c1-14-12-19(27-13-18(26)22-16-8-6-7-9-16)23-21-20(14)15(2)24-25(21)17-10-4-3-5-11-17/h3-5,10-12,16H,6-9,13H2,1-2H3,(H,22,26). The third-order valence-electron chi connectivity index (χ3n) is 5.06. The zero-order valence-electron chi connectivity index (χ0n) is 15.7. The Morgan fingerprint density at radius 1 is 1.22 bits per heavy atom. The van der Waals surface area contributed by atoms with Gasteiger partial charge in [-0.25, -0.2) is 4.68 Å². The highest BCUT2D eigenvalue weighted by Crippen LogP contribution is 2.26. The molecule has 0 bridgehead atoms. The summed E-state index contributed by atoms with van der Waals surface area (Å²) in [7, 11) is 0. The van der Waals surface area contributed by atoms with E-state index >= 15 is 0 Å². The Bertz CT molecular complexity index is 959. The number of hydrogen-bond acceptors (Lipinski definition) is 4. The van der Waals surface area contributed by atoms with Crippen LogP contribution in [0.4, 0.5) is 0 Å². The predicted molar refractivity (Wildman–Crippen MR) is 104 cm³/mol. The number of nitrogens with zero attached hydrogens (tertiary/aromatic N) is 3. The summed E-state index contributed by atoms with van der Waals surface area (Å²) in [6.07, 6.45) is 4.49. The van der Waals surface area contributed by atoms with Gasteiger partial charge in [0, 0.05) is 17.5 Å². The predicted octanol–water partition coefficient (Wildman–Crippen LogP) is 3.47. The van der Waals surface area contributed by atoms with E-state index in [4.69, 9.17) is 4.74 Å². The maximum Gasteiger partial charge on any atom is 0.258 e. The molecule has 1 aromatic carbocycles. The number of ether oxygens (including phenoxy) is 1. The minimum absolute atomic E-state index is 0.0209. The number of amides is 1. The molecular formula is C21H24N4O2. The average molecular weight is 364 g/mol. The van der Waals surface area contributed by atoms with Crippen molar-refractivity contribution in [2.24, 2.45) is 0 Å². The van der Waals surface area contributed by atoms with Crippen molar-refractivity contribution in [2.75, 3.05) is 6.61 Å². The lowest BCUT2D eigenvalue weighted by Gasteiger charge is -2.12. The fourth-order valence-corrected chi connectivity index (χ4v) is 3.78. The van der Waals surface area contributed by atoms with E-state index in [9.17, 15) is 4.79 Å². The zero-order chi connectivity index (χ0) is 18.8. The van der Waals surface area contributed by atoms with E-state index in [-0.39, 0.29) is 12.5 Å². The highest BCUT2D eigenvalue weighted by atomic mass is 16.5. The largest absolute Gasteiger partial charge is 0.468 e. The first-order valence-electron chi connectivity index (χ1n) is 9.46. The second-order valence-electron chi connectivity index (χ2n) is 7.15. The molecule has 1 aliphatic carbocycles. The number of hydrogen-bond donors (Lipinski definition) is 1. The monoisotopic (exact) mass is 364 g/mol. The van der Waals surface area contributed by atoms with Crippen LogP contribution in [0.3, 0.4) is 0 Å². The molecule has 2 heterocycles. The highest BCUT2D eigenvalue weighted by Gasteiger charge is 2.18. The molecular weight excluding hydrogens is 340 g/mol. The summed E-state index contributed by atoms with van der Waals surface area (Å²) in [4.78, 5) is 16.8. The first-order chi connectivity index (χ1) is 13.1. The van der Waals surface area contributed by atoms with Gasteiger partial charge in [-0.1, -0.05) is 31.0 Å². The van der Waals surface area contributed by atoms with Crippen molar-refractivity contribution in [2.45, 2.75) is 45.6 Å². The van der Waals surface area contributed by atoms with Crippen molar-refractivity contribution in [1.29, 1.82) is 0 Å². The van der Waals surface area contributed by atoms with Crippen LogP contribution in [-0.2, 0) is 4.79 Å². The molecule has 6 nitrogen and oxygen atoms in total. The number of nitrogens with one attached hydrogen (secondary N) is 1. The van der Waals surface area contributed by atoms with Crippen LogP contribution in [0.1, 0.15) is 36.9 Å². The molecule has 0 saturated heterocycles. The SMILES string of the molecule is Cc1cc(OCC(=O)NC2CCCC2)nc2c1c(C)nn2-c1ccccc1. The summed E-state index contributed by atoms with van der Waals surface area (Å²) in [6.45, 7) is 3.97. The molecule has 140 valence electrons. The number of carbonyl (C=O) groups is 1. The summed E-state index contributed by atoms with van der Waals surface area (Å²) in [5, 5.41) is 8.69. The molecule has 0 aliphatic heterocycles. The third-order valence-corrected chi connectivity index (χ3v) is 5.06. The summed E-state index contributed by atoms with van der Waals surface area (Å²) >= 11 is 0. The minimum atomic E-state index is -0.0887. The van der Waals surface area contributed by atoms with Gasteiger partial charge in [-0.2, -0.15) is 10.1 Å². The van der Waals surface area contributed by atoms with Gasteiger partial charge in [0.1, 0.15) is 0 Å². The number of carbonyl (C=O) groups excluding carboxylic acids is 1.